The van der Waals surface area contributed by atoms with E-state index in [1.165, 1.54) is 6.92 Å². The fourth-order valence-corrected chi connectivity index (χ4v) is 1.29. The standard InChI is InChI=1S/C9H10BN7/c1-2-3(11)4(12)5(13)6(14)7(15)8(16)9(2)17-10/h12-16H,11H2,1H3. The summed E-state index contributed by atoms with van der Waals surface area (Å²) in [5, 5.41) is 35.5. The highest BCUT2D eigenvalue weighted by molar-refractivity contribution is 6.05. The van der Waals surface area contributed by atoms with Crippen LogP contribution in [0.1, 0.15) is 5.56 Å². The molecule has 0 amide bonds. The summed E-state index contributed by atoms with van der Waals surface area (Å²) in [5.41, 5.74) is 5.82. The Hall–Kier alpha value is -2.38. The highest BCUT2D eigenvalue weighted by Gasteiger charge is 2.02. The van der Waals surface area contributed by atoms with Crippen LogP contribution < -0.4 is 37.9 Å². The Balaban J connectivity index is 4.58. The van der Waals surface area contributed by atoms with E-state index in [-0.39, 0.29) is 27.3 Å². The van der Waals surface area contributed by atoms with E-state index in [0.717, 1.165) is 0 Å². The van der Waals surface area contributed by atoms with Gasteiger partial charge in [-0.2, -0.15) is 0 Å². The quantitative estimate of drug-likeness (QED) is 0.254. The first kappa shape index (κ1) is 12.7. The van der Waals surface area contributed by atoms with Gasteiger partial charge in [-0.15, -0.1) is 0 Å². The van der Waals surface area contributed by atoms with Gasteiger partial charge in [0.1, 0.15) is 26.8 Å². The molecule has 0 aromatic heterocycles. The van der Waals surface area contributed by atoms with Crippen LogP contribution in [-0.4, -0.2) is 7.98 Å². The monoisotopic (exact) mass is 227 g/mol. The molecule has 0 aliphatic heterocycles. The van der Waals surface area contributed by atoms with Crippen LogP contribution in [0.4, 0.5) is 5.69 Å². The van der Waals surface area contributed by atoms with Crippen molar-refractivity contribution in [1.82, 2.24) is 0 Å². The maximum Gasteiger partial charge on any atom is 0.260 e. The van der Waals surface area contributed by atoms with Gasteiger partial charge in [-0.1, -0.05) is 0 Å². The largest absolute Gasteiger partial charge is 0.397 e. The van der Waals surface area contributed by atoms with E-state index in [0.29, 0.717) is 0 Å². The first-order valence-corrected chi connectivity index (χ1v) is 4.52. The summed E-state index contributed by atoms with van der Waals surface area (Å²) in [4.78, 5) is 3.36. The Morgan fingerprint density at radius 3 is 1.76 bits per heavy atom. The number of nitrogens with two attached hydrogens (primary N) is 1. The van der Waals surface area contributed by atoms with Crippen molar-refractivity contribution in [3.05, 3.63) is 37.7 Å². The Morgan fingerprint density at radius 2 is 1.29 bits per heavy atom. The number of nitrogen functional groups attached to an aromatic ring is 1. The third-order valence-electron chi connectivity index (χ3n) is 2.39. The van der Waals surface area contributed by atoms with E-state index in [9.17, 15) is 0 Å². The molecule has 1 aromatic carbocycles. The molecule has 0 aliphatic rings. The van der Waals surface area contributed by atoms with Crippen molar-refractivity contribution in [1.29, 1.82) is 27.0 Å². The molecule has 1 aromatic rings. The van der Waals surface area contributed by atoms with Gasteiger partial charge in [0.15, 0.2) is 0 Å². The van der Waals surface area contributed by atoms with Gasteiger partial charge in [0, 0.05) is 5.56 Å². The van der Waals surface area contributed by atoms with Gasteiger partial charge in [-0.25, -0.2) is 0 Å². The van der Waals surface area contributed by atoms with Crippen molar-refractivity contribution in [2.45, 2.75) is 6.92 Å². The van der Waals surface area contributed by atoms with E-state index in [2.05, 4.69) is 4.90 Å². The van der Waals surface area contributed by atoms with Crippen LogP contribution in [0.2, 0.25) is 0 Å². The van der Waals surface area contributed by atoms with Crippen molar-refractivity contribution in [3.8, 4) is 0 Å². The van der Waals surface area contributed by atoms with Gasteiger partial charge in [0.05, 0.1) is 11.0 Å². The van der Waals surface area contributed by atoms with E-state index in [1.54, 1.807) is 0 Å². The summed E-state index contributed by atoms with van der Waals surface area (Å²) in [6.07, 6.45) is 0. The van der Waals surface area contributed by atoms with Gasteiger partial charge in [-0.3, -0.25) is 27.0 Å². The molecule has 8 heteroatoms. The molecule has 0 saturated carbocycles. The molecule has 0 aliphatic carbocycles. The second-order valence-corrected chi connectivity index (χ2v) is 3.39. The van der Waals surface area contributed by atoms with E-state index in [4.69, 9.17) is 40.8 Å². The van der Waals surface area contributed by atoms with E-state index < -0.39 is 16.1 Å². The fraction of sp³-hybridized carbons (Fsp3) is 0.111. The van der Waals surface area contributed by atoms with Gasteiger partial charge >= 0.3 is 0 Å². The summed E-state index contributed by atoms with van der Waals surface area (Å²) >= 11 is 0. The lowest BCUT2D eigenvalue weighted by Crippen LogP contribution is -2.55. The fourth-order valence-electron chi connectivity index (χ4n) is 1.29. The van der Waals surface area contributed by atoms with Crippen molar-refractivity contribution < 1.29 is 0 Å². The van der Waals surface area contributed by atoms with Crippen LogP contribution in [0, 0.1) is 34.0 Å². The minimum absolute atomic E-state index is 0.0468. The SMILES string of the molecule is [B]N=c1c(C)c(N)c(=N)c(=N)c(=N)c(=N)c1=N. The maximum absolute atomic E-state index is 7.66. The Morgan fingerprint density at radius 1 is 0.882 bits per heavy atom. The lowest BCUT2D eigenvalue weighted by Gasteiger charge is -1.97. The number of nitrogens with zero attached hydrogens (tertiary/aromatic N) is 1. The zero-order chi connectivity index (χ0) is 13.3. The Bertz CT molecular complexity index is 815. The molecule has 1 rings (SSSR count). The van der Waals surface area contributed by atoms with Crippen LogP contribution in [0.3, 0.4) is 0 Å². The van der Waals surface area contributed by atoms with Gasteiger partial charge in [0.2, 0.25) is 0 Å². The van der Waals surface area contributed by atoms with Crippen LogP contribution >= 0.6 is 0 Å². The molecular weight excluding hydrogens is 217 g/mol. The zero-order valence-electron chi connectivity index (χ0n) is 9.10. The molecule has 0 saturated heterocycles. The topological polar surface area (TPSA) is 158 Å². The molecule has 84 valence electrons. The molecular formula is C9H10BN7. The first-order chi connectivity index (χ1) is 7.82. The summed E-state index contributed by atoms with van der Waals surface area (Å²) in [6.45, 7) is 1.50. The molecule has 7 N–H and O–H groups in total. The molecule has 0 fully saturated rings. The average Bonchev–Trinajstić information content (AvgIpc) is 2.33. The second kappa shape index (κ2) is 4.24. The molecule has 2 radical (unpaired) electrons. The van der Waals surface area contributed by atoms with Crippen LogP contribution in [-0.2, 0) is 0 Å². The molecule has 17 heavy (non-hydrogen) atoms. The summed E-state index contributed by atoms with van der Waals surface area (Å²) in [6, 6.07) is 0. The van der Waals surface area contributed by atoms with Crippen molar-refractivity contribution >= 4 is 13.7 Å². The average molecular weight is 227 g/mol. The minimum Gasteiger partial charge on any atom is -0.397 e. The third-order valence-corrected chi connectivity index (χ3v) is 2.39. The smallest absolute Gasteiger partial charge is 0.260 e. The van der Waals surface area contributed by atoms with E-state index in [1.807, 2.05) is 0 Å². The molecule has 0 atom stereocenters. The van der Waals surface area contributed by atoms with Gasteiger partial charge in [0.25, 0.3) is 7.98 Å². The lowest BCUT2D eigenvalue weighted by molar-refractivity contribution is 0.974. The lowest BCUT2D eigenvalue weighted by atomic mass is 10.1. The van der Waals surface area contributed by atoms with Crippen LogP contribution in [0.25, 0.3) is 0 Å². The van der Waals surface area contributed by atoms with Gasteiger partial charge < -0.3 is 10.6 Å². The zero-order valence-corrected chi connectivity index (χ0v) is 9.10. The Kier molecular flexibility index (Phi) is 3.17. The highest BCUT2D eigenvalue weighted by atomic mass is 14.6. The van der Waals surface area contributed by atoms with Crippen molar-refractivity contribution in [2.24, 2.45) is 4.90 Å². The van der Waals surface area contributed by atoms with Gasteiger partial charge in [-0.05, 0) is 6.92 Å². The van der Waals surface area contributed by atoms with Crippen molar-refractivity contribution in [3.63, 3.8) is 0 Å². The summed E-state index contributed by atoms with van der Waals surface area (Å²) < 4.78 is 0. The molecule has 0 heterocycles. The minimum atomic E-state index is -0.545. The maximum atomic E-state index is 7.66. The van der Waals surface area contributed by atoms with Crippen LogP contribution in [0.5, 0.6) is 0 Å². The summed E-state index contributed by atoms with van der Waals surface area (Å²) in [5.74, 6) is 0. The second-order valence-electron chi connectivity index (χ2n) is 3.39. The third kappa shape index (κ3) is 1.84. The number of hydrogen-bond acceptors (Lipinski definition) is 7. The van der Waals surface area contributed by atoms with E-state index >= 15 is 0 Å². The molecule has 0 unspecified atom stereocenters. The number of rotatable bonds is 0. The highest BCUT2D eigenvalue weighted by Crippen LogP contribution is 1.90. The number of nitrogens with one attached hydrogen (secondary N) is 5. The Labute approximate surface area is 96.7 Å². The molecule has 0 spiro atoms. The first-order valence-electron chi connectivity index (χ1n) is 4.52. The molecule has 0 bridgehead atoms. The molecule has 7 nitrogen and oxygen atoms in total. The van der Waals surface area contributed by atoms with Crippen molar-refractivity contribution in [2.75, 3.05) is 5.73 Å². The number of hydrogen-bond donors (Lipinski definition) is 6. The normalized spacial score (nSPS) is 11.5. The summed E-state index contributed by atoms with van der Waals surface area (Å²) in [7, 11) is 5.12. The predicted molar refractivity (Wildman–Crippen MR) is 58.6 cm³/mol. The predicted octanol–water partition coefficient (Wildman–Crippen LogP) is -3.17. The number of anilines is 1. The van der Waals surface area contributed by atoms with Crippen LogP contribution in [0.15, 0.2) is 4.90 Å².